The van der Waals surface area contributed by atoms with Crippen molar-refractivity contribution in [2.24, 2.45) is 11.8 Å². The Labute approximate surface area is 219 Å². The number of benzene rings is 1. The fraction of sp³-hybridized carbons (Fsp3) is 0.538. The summed E-state index contributed by atoms with van der Waals surface area (Å²) >= 11 is 5.85. The van der Waals surface area contributed by atoms with Gasteiger partial charge in [-0.1, -0.05) is 11.6 Å². The summed E-state index contributed by atoms with van der Waals surface area (Å²) in [6, 6.07) is 2.25. The van der Waals surface area contributed by atoms with Gasteiger partial charge in [-0.15, -0.1) is 0 Å². The zero-order valence-electron chi connectivity index (χ0n) is 20.5. The minimum atomic E-state index is -0.873. The summed E-state index contributed by atoms with van der Waals surface area (Å²) in [5.41, 5.74) is -0.275. The van der Waals surface area contributed by atoms with Crippen molar-refractivity contribution in [2.45, 2.75) is 44.9 Å². The molecular weight excluding hydrogens is 506 g/mol. The lowest BCUT2D eigenvalue weighted by Gasteiger charge is -2.39. The fourth-order valence-electron chi connectivity index (χ4n) is 4.83. The number of carbonyl (C=O) groups is 2. The van der Waals surface area contributed by atoms with E-state index in [0.29, 0.717) is 43.0 Å². The van der Waals surface area contributed by atoms with E-state index in [1.54, 1.807) is 12.4 Å². The van der Waals surface area contributed by atoms with Crippen LogP contribution in [0.2, 0.25) is 5.02 Å². The van der Waals surface area contributed by atoms with Gasteiger partial charge < -0.3 is 19.6 Å². The standard InChI is InChI=1S/C26H31ClF2N4O4/c27-19-13-30-26(31-14-19)32-7-5-17(6-8-32)2-1-9-37-20-10-22(28)21(23(29)11-20)12-24(34)33-15-18(16-33)3-4-25(35)36/h10-11,13-14,17-18H,1-9,12,15-16H2,(H,35,36). The van der Waals surface area contributed by atoms with Crippen LogP contribution in [-0.2, 0) is 16.0 Å². The van der Waals surface area contributed by atoms with Gasteiger partial charge in [0.2, 0.25) is 11.9 Å². The fourth-order valence-corrected chi connectivity index (χ4v) is 4.93. The normalized spacial score (nSPS) is 16.5. The number of piperidine rings is 1. The van der Waals surface area contributed by atoms with E-state index in [1.807, 2.05) is 0 Å². The van der Waals surface area contributed by atoms with Crippen molar-refractivity contribution >= 4 is 29.4 Å². The van der Waals surface area contributed by atoms with Gasteiger partial charge in [0.05, 0.1) is 30.4 Å². The minimum absolute atomic E-state index is 0.0520. The second-order valence-electron chi connectivity index (χ2n) is 9.76. The lowest BCUT2D eigenvalue weighted by Crippen LogP contribution is -2.50. The zero-order valence-corrected chi connectivity index (χ0v) is 21.3. The van der Waals surface area contributed by atoms with E-state index in [0.717, 1.165) is 50.9 Å². The highest BCUT2D eigenvalue weighted by atomic mass is 35.5. The number of carboxylic acids is 1. The molecular formula is C26H31ClF2N4O4. The van der Waals surface area contributed by atoms with E-state index in [4.69, 9.17) is 21.4 Å². The lowest BCUT2D eigenvalue weighted by molar-refractivity contribution is -0.139. The summed E-state index contributed by atoms with van der Waals surface area (Å²) < 4.78 is 34.7. The number of nitrogens with zero attached hydrogens (tertiary/aromatic N) is 4. The quantitative estimate of drug-likeness (QED) is 0.426. The van der Waals surface area contributed by atoms with Crippen LogP contribution in [0.15, 0.2) is 24.5 Å². The number of carbonyl (C=O) groups excluding carboxylic acids is 1. The third-order valence-corrected chi connectivity index (χ3v) is 7.24. The van der Waals surface area contributed by atoms with Crippen LogP contribution in [0.25, 0.3) is 0 Å². The number of aromatic nitrogens is 2. The number of hydrogen-bond acceptors (Lipinski definition) is 6. The molecule has 8 nitrogen and oxygen atoms in total. The number of ether oxygens (including phenoxy) is 1. The summed E-state index contributed by atoms with van der Waals surface area (Å²) in [6.07, 6.45) is 7.10. The number of halogens is 3. The first-order valence-electron chi connectivity index (χ1n) is 12.6. The van der Waals surface area contributed by atoms with Gasteiger partial charge >= 0.3 is 5.97 Å². The zero-order chi connectivity index (χ0) is 26.4. The molecule has 0 spiro atoms. The predicted molar refractivity (Wildman–Crippen MR) is 134 cm³/mol. The van der Waals surface area contributed by atoms with Crippen molar-refractivity contribution in [1.82, 2.24) is 14.9 Å². The van der Waals surface area contributed by atoms with Crippen LogP contribution in [-0.4, -0.2) is 64.6 Å². The van der Waals surface area contributed by atoms with Gasteiger partial charge in [-0.25, -0.2) is 18.7 Å². The molecule has 2 aromatic rings. The second kappa shape index (κ2) is 12.5. The lowest BCUT2D eigenvalue weighted by atomic mass is 9.92. The van der Waals surface area contributed by atoms with Crippen molar-refractivity contribution in [3.63, 3.8) is 0 Å². The van der Waals surface area contributed by atoms with Crippen molar-refractivity contribution in [3.05, 3.63) is 46.7 Å². The van der Waals surface area contributed by atoms with Crippen LogP contribution >= 0.6 is 11.6 Å². The predicted octanol–water partition coefficient (Wildman–Crippen LogP) is 4.35. The summed E-state index contributed by atoms with van der Waals surface area (Å²) in [4.78, 5) is 35.2. The minimum Gasteiger partial charge on any atom is -0.493 e. The van der Waals surface area contributed by atoms with Gasteiger partial charge in [-0.05, 0) is 43.9 Å². The number of likely N-dealkylation sites (tertiary alicyclic amines) is 1. The molecule has 3 heterocycles. The molecule has 0 bridgehead atoms. The SMILES string of the molecule is O=C(O)CCC1CN(C(=O)Cc2c(F)cc(OCCCC3CCN(c4ncc(Cl)cn4)CC3)cc2F)C1. The van der Waals surface area contributed by atoms with Gasteiger partial charge in [-0.2, -0.15) is 0 Å². The molecule has 2 saturated heterocycles. The van der Waals surface area contributed by atoms with Gasteiger partial charge in [0, 0.05) is 50.3 Å². The third kappa shape index (κ3) is 7.50. The maximum Gasteiger partial charge on any atom is 0.303 e. The number of aliphatic carboxylic acids is 1. The van der Waals surface area contributed by atoms with E-state index >= 15 is 0 Å². The Bertz CT molecular complexity index is 1070. The van der Waals surface area contributed by atoms with Crippen molar-refractivity contribution < 1.29 is 28.2 Å². The van der Waals surface area contributed by atoms with Crippen molar-refractivity contribution in [3.8, 4) is 5.75 Å². The first-order valence-corrected chi connectivity index (χ1v) is 13.0. The molecule has 37 heavy (non-hydrogen) atoms. The molecule has 4 rings (SSSR count). The first kappa shape index (κ1) is 27.0. The van der Waals surface area contributed by atoms with Crippen LogP contribution in [0.5, 0.6) is 5.75 Å². The number of carboxylic acid groups (broad SMARTS) is 1. The van der Waals surface area contributed by atoms with E-state index in [9.17, 15) is 18.4 Å². The van der Waals surface area contributed by atoms with E-state index in [2.05, 4.69) is 14.9 Å². The Balaban J connectivity index is 1.16. The second-order valence-corrected chi connectivity index (χ2v) is 10.2. The molecule has 0 aliphatic carbocycles. The Morgan fingerprint density at radius 2 is 1.70 bits per heavy atom. The Kier molecular flexibility index (Phi) is 9.13. The number of amides is 1. The molecule has 11 heteroatoms. The first-order chi connectivity index (χ1) is 17.8. The topological polar surface area (TPSA) is 95.9 Å². The van der Waals surface area contributed by atoms with Crippen LogP contribution in [0.3, 0.4) is 0 Å². The van der Waals surface area contributed by atoms with Crippen LogP contribution in [0.1, 0.15) is 44.1 Å². The van der Waals surface area contributed by atoms with Gasteiger partial charge in [0.1, 0.15) is 17.4 Å². The van der Waals surface area contributed by atoms with Crippen LogP contribution in [0.4, 0.5) is 14.7 Å². The van der Waals surface area contributed by atoms with E-state index in [-0.39, 0.29) is 36.0 Å². The van der Waals surface area contributed by atoms with Crippen LogP contribution in [0, 0.1) is 23.5 Å². The van der Waals surface area contributed by atoms with Crippen molar-refractivity contribution in [2.75, 3.05) is 37.7 Å². The van der Waals surface area contributed by atoms with E-state index in [1.165, 1.54) is 4.90 Å². The Hall–Kier alpha value is -3.01. The molecule has 2 fully saturated rings. The highest BCUT2D eigenvalue weighted by Gasteiger charge is 2.31. The Morgan fingerprint density at radius 1 is 1.05 bits per heavy atom. The van der Waals surface area contributed by atoms with Gasteiger partial charge in [-0.3, -0.25) is 9.59 Å². The molecule has 0 atom stereocenters. The maximum atomic E-state index is 14.6. The van der Waals surface area contributed by atoms with Gasteiger partial charge in [0.15, 0.2) is 0 Å². The number of rotatable bonds is 11. The van der Waals surface area contributed by atoms with Crippen molar-refractivity contribution in [1.29, 1.82) is 0 Å². The molecule has 2 aliphatic rings. The molecule has 1 aromatic heterocycles. The number of anilines is 1. The third-order valence-electron chi connectivity index (χ3n) is 7.05. The molecule has 0 unspecified atom stereocenters. The molecule has 1 amide bonds. The molecule has 0 radical (unpaired) electrons. The average Bonchev–Trinajstić information content (AvgIpc) is 2.84. The maximum absolute atomic E-state index is 14.6. The van der Waals surface area contributed by atoms with Gasteiger partial charge in [0.25, 0.3) is 0 Å². The number of hydrogen-bond donors (Lipinski definition) is 1. The highest BCUT2D eigenvalue weighted by Crippen LogP contribution is 2.27. The summed E-state index contributed by atoms with van der Waals surface area (Å²) in [5, 5.41) is 9.24. The molecule has 200 valence electrons. The average molecular weight is 537 g/mol. The smallest absolute Gasteiger partial charge is 0.303 e. The monoisotopic (exact) mass is 536 g/mol. The molecule has 1 aromatic carbocycles. The molecule has 1 N–H and O–H groups in total. The highest BCUT2D eigenvalue weighted by molar-refractivity contribution is 6.30. The Morgan fingerprint density at radius 3 is 2.32 bits per heavy atom. The largest absolute Gasteiger partial charge is 0.493 e. The van der Waals surface area contributed by atoms with E-state index < -0.39 is 17.6 Å². The molecule has 0 saturated carbocycles. The molecule has 2 aliphatic heterocycles. The van der Waals surface area contributed by atoms with Crippen LogP contribution < -0.4 is 9.64 Å². The summed E-state index contributed by atoms with van der Waals surface area (Å²) in [6.45, 7) is 2.92. The summed E-state index contributed by atoms with van der Waals surface area (Å²) in [5.74, 6) is -1.39. The summed E-state index contributed by atoms with van der Waals surface area (Å²) in [7, 11) is 0.